The van der Waals surface area contributed by atoms with Crippen LogP contribution in [0.15, 0.2) is 33.7 Å². The lowest BCUT2D eigenvalue weighted by atomic mass is 9.64. The third-order valence-electron chi connectivity index (χ3n) is 6.02. The smallest absolute Gasteiger partial charge is 0.191 e. The number of hydrogen-bond acceptors (Lipinski definition) is 3. The number of aliphatic hydroxyl groups is 1. The Bertz CT molecular complexity index is 631. The van der Waals surface area contributed by atoms with E-state index in [0.29, 0.717) is 6.61 Å². The van der Waals surface area contributed by atoms with Gasteiger partial charge in [-0.2, -0.15) is 0 Å². The number of guanidine groups is 1. The summed E-state index contributed by atoms with van der Waals surface area (Å²) in [5, 5.41) is 16.4. The van der Waals surface area contributed by atoms with Gasteiger partial charge in [0.25, 0.3) is 0 Å². The molecule has 0 spiro atoms. The third kappa shape index (κ3) is 5.58. The number of nitrogens with one attached hydrogen (secondary N) is 2. The van der Waals surface area contributed by atoms with Gasteiger partial charge in [-0.3, -0.25) is 4.99 Å². The Kier molecular flexibility index (Phi) is 8.83. The molecular weight excluding hydrogens is 521 g/mol. The zero-order valence-electron chi connectivity index (χ0n) is 16.0. The SMILES string of the molecule is CN=C(NCC1(CCO)CCOC1)NCC1(c2cccc(Br)c2)CCC1.I. The summed E-state index contributed by atoms with van der Waals surface area (Å²) in [6.45, 7) is 3.34. The van der Waals surface area contributed by atoms with Crippen LogP contribution in [-0.4, -0.2) is 51.0 Å². The molecule has 5 nitrogen and oxygen atoms in total. The second-order valence-electron chi connectivity index (χ2n) is 7.70. The van der Waals surface area contributed by atoms with Gasteiger partial charge >= 0.3 is 0 Å². The van der Waals surface area contributed by atoms with E-state index in [2.05, 4.69) is 55.8 Å². The summed E-state index contributed by atoms with van der Waals surface area (Å²) in [5.41, 5.74) is 1.60. The van der Waals surface area contributed by atoms with Crippen molar-refractivity contribution in [1.29, 1.82) is 0 Å². The van der Waals surface area contributed by atoms with E-state index >= 15 is 0 Å². The Morgan fingerprint density at radius 1 is 1.26 bits per heavy atom. The lowest BCUT2D eigenvalue weighted by Crippen LogP contribution is -2.50. The molecule has 7 heteroatoms. The van der Waals surface area contributed by atoms with Crippen molar-refractivity contribution in [1.82, 2.24) is 10.6 Å². The molecule has 1 aromatic rings. The van der Waals surface area contributed by atoms with Gasteiger partial charge in [0.1, 0.15) is 0 Å². The van der Waals surface area contributed by atoms with E-state index in [1.807, 2.05) is 7.05 Å². The van der Waals surface area contributed by atoms with Crippen LogP contribution in [0.4, 0.5) is 0 Å². The van der Waals surface area contributed by atoms with Crippen molar-refractivity contribution in [2.24, 2.45) is 10.4 Å². The van der Waals surface area contributed by atoms with Gasteiger partial charge in [0, 0.05) is 48.7 Å². The van der Waals surface area contributed by atoms with Crippen LogP contribution >= 0.6 is 39.9 Å². The molecule has 1 aliphatic carbocycles. The molecule has 1 aliphatic heterocycles. The number of hydrogen-bond donors (Lipinski definition) is 3. The van der Waals surface area contributed by atoms with Gasteiger partial charge in [-0.25, -0.2) is 0 Å². The van der Waals surface area contributed by atoms with E-state index in [4.69, 9.17) is 4.74 Å². The number of benzene rings is 1. The number of aliphatic imine (C=N–C) groups is 1. The van der Waals surface area contributed by atoms with Crippen molar-refractivity contribution >= 4 is 45.9 Å². The molecular formula is C20H31BrIN3O2. The van der Waals surface area contributed by atoms with Gasteiger partial charge in [0.2, 0.25) is 0 Å². The summed E-state index contributed by atoms with van der Waals surface area (Å²) in [7, 11) is 1.81. The fraction of sp³-hybridized carbons (Fsp3) is 0.650. The first-order chi connectivity index (χ1) is 12.6. The van der Waals surface area contributed by atoms with Gasteiger partial charge in [-0.1, -0.05) is 34.5 Å². The third-order valence-corrected chi connectivity index (χ3v) is 6.52. The number of ether oxygens (including phenoxy) is 1. The quantitative estimate of drug-likeness (QED) is 0.276. The number of nitrogens with zero attached hydrogens (tertiary/aromatic N) is 1. The Morgan fingerprint density at radius 2 is 2.04 bits per heavy atom. The Hall–Kier alpha value is -0.380. The van der Waals surface area contributed by atoms with Crippen LogP contribution in [0.25, 0.3) is 0 Å². The standard InChI is InChI=1S/C20H30BrN3O2.HI/c1-22-18(23-13-19(8-10-25)9-11-26-15-19)24-14-20(6-3-7-20)16-4-2-5-17(21)12-16;/h2,4-5,12,25H,3,6-11,13-15H2,1H3,(H2,22,23,24);1H. The summed E-state index contributed by atoms with van der Waals surface area (Å²) in [5.74, 6) is 0.829. The fourth-order valence-corrected chi connectivity index (χ4v) is 4.45. The van der Waals surface area contributed by atoms with Gasteiger partial charge in [0.15, 0.2) is 5.96 Å². The molecule has 0 aromatic heterocycles. The number of rotatable bonds is 7. The molecule has 0 radical (unpaired) electrons. The molecule has 1 aromatic carbocycles. The zero-order valence-corrected chi connectivity index (χ0v) is 19.9. The molecule has 0 bridgehead atoms. The van der Waals surface area contributed by atoms with E-state index < -0.39 is 0 Å². The van der Waals surface area contributed by atoms with Crippen LogP contribution in [-0.2, 0) is 10.2 Å². The highest BCUT2D eigenvalue weighted by Gasteiger charge is 2.39. The highest BCUT2D eigenvalue weighted by molar-refractivity contribution is 14.0. The summed E-state index contributed by atoms with van der Waals surface area (Å²) >= 11 is 3.60. The maximum atomic E-state index is 9.38. The van der Waals surface area contributed by atoms with Gasteiger partial charge in [0.05, 0.1) is 6.61 Å². The first-order valence-corrected chi connectivity index (χ1v) is 10.3. The summed E-state index contributed by atoms with van der Waals surface area (Å²) in [4.78, 5) is 4.39. The Morgan fingerprint density at radius 3 is 2.59 bits per heavy atom. The average Bonchev–Trinajstić information content (AvgIpc) is 3.06. The highest BCUT2D eigenvalue weighted by atomic mass is 127. The van der Waals surface area contributed by atoms with Crippen LogP contribution in [0.1, 0.15) is 37.7 Å². The van der Waals surface area contributed by atoms with E-state index in [-0.39, 0.29) is 41.4 Å². The Balaban J connectivity index is 0.00000261. The predicted molar refractivity (Wildman–Crippen MR) is 124 cm³/mol. The second kappa shape index (κ2) is 10.4. The monoisotopic (exact) mass is 551 g/mol. The van der Waals surface area contributed by atoms with E-state index in [0.717, 1.165) is 43.0 Å². The normalized spacial score (nSPS) is 24.0. The first kappa shape index (κ1) is 22.9. The van der Waals surface area contributed by atoms with Gasteiger partial charge in [-0.15, -0.1) is 24.0 Å². The minimum atomic E-state index is 0. The highest BCUT2D eigenvalue weighted by Crippen LogP contribution is 2.43. The van der Waals surface area contributed by atoms with Crippen LogP contribution < -0.4 is 10.6 Å². The molecule has 1 saturated heterocycles. The van der Waals surface area contributed by atoms with Crippen molar-refractivity contribution in [3.63, 3.8) is 0 Å². The number of halogens is 2. The molecule has 0 amide bonds. The Labute approximate surface area is 187 Å². The average molecular weight is 552 g/mol. The topological polar surface area (TPSA) is 65.9 Å². The molecule has 3 N–H and O–H groups in total. The van der Waals surface area contributed by atoms with Crippen LogP contribution in [0.5, 0.6) is 0 Å². The number of aliphatic hydroxyl groups excluding tert-OH is 1. The van der Waals surface area contributed by atoms with Crippen molar-refractivity contribution in [2.45, 2.75) is 37.5 Å². The summed E-state index contributed by atoms with van der Waals surface area (Å²) < 4.78 is 6.71. The van der Waals surface area contributed by atoms with Crippen molar-refractivity contribution in [3.05, 3.63) is 34.3 Å². The van der Waals surface area contributed by atoms with Gasteiger partial charge in [-0.05, 0) is 43.4 Å². The zero-order chi connectivity index (χ0) is 18.5. The lowest BCUT2D eigenvalue weighted by Gasteiger charge is -2.43. The fourth-order valence-electron chi connectivity index (χ4n) is 4.05. The lowest BCUT2D eigenvalue weighted by molar-refractivity contribution is 0.127. The second-order valence-corrected chi connectivity index (χ2v) is 8.62. The van der Waals surface area contributed by atoms with Gasteiger partial charge < -0.3 is 20.5 Å². The van der Waals surface area contributed by atoms with E-state index in [9.17, 15) is 5.11 Å². The maximum absolute atomic E-state index is 9.38. The molecule has 2 fully saturated rings. The molecule has 3 rings (SSSR count). The molecule has 152 valence electrons. The van der Waals surface area contributed by atoms with Crippen molar-refractivity contribution < 1.29 is 9.84 Å². The van der Waals surface area contributed by atoms with Crippen molar-refractivity contribution in [3.8, 4) is 0 Å². The molecule has 2 aliphatic rings. The molecule has 27 heavy (non-hydrogen) atoms. The first-order valence-electron chi connectivity index (χ1n) is 9.51. The minimum absolute atomic E-state index is 0. The largest absolute Gasteiger partial charge is 0.396 e. The maximum Gasteiger partial charge on any atom is 0.191 e. The molecule has 1 saturated carbocycles. The molecule has 1 atom stereocenters. The minimum Gasteiger partial charge on any atom is -0.396 e. The van der Waals surface area contributed by atoms with Crippen LogP contribution in [0.2, 0.25) is 0 Å². The summed E-state index contributed by atoms with van der Waals surface area (Å²) in [6, 6.07) is 8.66. The molecule has 1 heterocycles. The summed E-state index contributed by atoms with van der Waals surface area (Å²) in [6.07, 6.45) is 5.43. The predicted octanol–water partition coefficient (Wildman–Crippen LogP) is 3.44. The van der Waals surface area contributed by atoms with E-state index in [1.54, 1.807) is 0 Å². The van der Waals surface area contributed by atoms with Crippen LogP contribution in [0.3, 0.4) is 0 Å². The van der Waals surface area contributed by atoms with E-state index in [1.165, 1.54) is 24.8 Å². The van der Waals surface area contributed by atoms with Crippen LogP contribution in [0, 0.1) is 5.41 Å². The van der Waals surface area contributed by atoms with Crippen molar-refractivity contribution in [2.75, 3.05) is 40.0 Å². The molecule has 1 unspecified atom stereocenters.